The van der Waals surface area contributed by atoms with Gasteiger partial charge in [0.05, 0.1) is 5.75 Å². The predicted octanol–water partition coefficient (Wildman–Crippen LogP) is 1.76. The van der Waals surface area contributed by atoms with Crippen LogP contribution in [0.1, 0.15) is 19.8 Å². The number of thioether (sulfide) groups is 1. The average Bonchev–Trinajstić information content (AvgIpc) is 2.75. The number of nitrogens with one attached hydrogen (secondary N) is 1. The Labute approximate surface area is 94.5 Å². The Morgan fingerprint density at radius 1 is 1.67 bits per heavy atom. The maximum Gasteiger partial charge on any atom is 0.232 e. The van der Waals surface area contributed by atoms with Crippen LogP contribution in [-0.2, 0) is 4.79 Å². The lowest BCUT2D eigenvalue weighted by atomic mass is 10.3. The van der Waals surface area contributed by atoms with E-state index >= 15 is 0 Å². The van der Waals surface area contributed by atoms with E-state index in [2.05, 4.69) is 16.9 Å². The number of nitrogens with zero attached hydrogens (tertiary/aromatic N) is 2. The lowest BCUT2D eigenvalue weighted by molar-refractivity contribution is -0.127. The quantitative estimate of drug-likeness (QED) is 0.753. The van der Waals surface area contributed by atoms with Crippen LogP contribution in [0.5, 0.6) is 0 Å². The van der Waals surface area contributed by atoms with Crippen LogP contribution in [0.3, 0.4) is 0 Å². The molecule has 0 aromatic carbocycles. The van der Waals surface area contributed by atoms with Crippen LogP contribution in [0.15, 0.2) is 17.6 Å². The van der Waals surface area contributed by atoms with Crippen molar-refractivity contribution in [2.24, 2.45) is 0 Å². The Morgan fingerprint density at radius 2 is 2.47 bits per heavy atom. The first-order valence-corrected chi connectivity index (χ1v) is 6.08. The number of amides is 1. The molecular weight excluding hydrogens is 210 g/mol. The van der Waals surface area contributed by atoms with Gasteiger partial charge in [-0.25, -0.2) is 4.98 Å². The molecule has 5 heteroatoms. The van der Waals surface area contributed by atoms with Crippen LogP contribution < -0.4 is 0 Å². The maximum absolute atomic E-state index is 11.6. The summed E-state index contributed by atoms with van der Waals surface area (Å²) in [6, 6.07) is 0. The SMILES string of the molecule is CCCCN(C)C(=O)CSc1ncc[nH]1. The number of rotatable bonds is 6. The molecule has 0 aliphatic rings. The zero-order valence-electron chi connectivity index (χ0n) is 9.19. The minimum atomic E-state index is 0.157. The average molecular weight is 227 g/mol. The van der Waals surface area contributed by atoms with Gasteiger partial charge in [0.15, 0.2) is 5.16 Å². The van der Waals surface area contributed by atoms with Crippen molar-refractivity contribution in [2.45, 2.75) is 24.9 Å². The van der Waals surface area contributed by atoms with Crippen LogP contribution in [0, 0.1) is 0 Å². The summed E-state index contributed by atoms with van der Waals surface area (Å²) in [5.74, 6) is 0.609. The fraction of sp³-hybridized carbons (Fsp3) is 0.600. The highest BCUT2D eigenvalue weighted by molar-refractivity contribution is 7.99. The van der Waals surface area contributed by atoms with Crippen molar-refractivity contribution in [1.29, 1.82) is 0 Å². The largest absolute Gasteiger partial charge is 0.345 e. The third kappa shape index (κ3) is 4.38. The van der Waals surface area contributed by atoms with E-state index < -0.39 is 0 Å². The Balaban J connectivity index is 2.23. The van der Waals surface area contributed by atoms with Gasteiger partial charge >= 0.3 is 0 Å². The summed E-state index contributed by atoms with van der Waals surface area (Å²) in [6.07, 6.45) is 5.62. The predicted molar refractivity (Wildman–Crippen MR) is 61.9 cm³/mol. The molecule has 0 fully saturated rings. The highest BCUT2D eigenvalue weighted by atomic mass is 32.2. The molecule has 1 N–H and O–H groups in total. The summed E-state index contributed by atoms with van der Waals surface area (Å²) in [6.45, 7) is 2.96. The van der Waals surface area contributed by atoms with Crippen molar-refractivity contribution in [2.75, 3.05) is 19.3 Å². The van der Waals surface area contributed by atoms with Crippen molar-refractivity contribution in [3.8, 4) is 0 Å². The van der Waals surface area contributed by atoms with E-state index in [0.29, 0.717) is 5.75 Å². The summed E-state index contributed by atoms with van der Waals surface area (Å²) in [4.78, 5) is 20.4. The van der Waals surface area contributed by atoms with Gasteiger partial charge in [-0.15, -0.1) is 0 Å². The van der Waals surface area contributed by atoms with Gasteiger partial charge in [0.1, 0.15) is 0 Å². The van der Waals surface area contributed by atoms with E-state index in [9.17, 15) is 4.79 Å². The molecule has 1 rings (SSSR count). The third-order valence-electron chi connectivity index (χ3n) is 2.08. The number of carbonyl (C=O) groups excluding carboxylic acids is 1. The van der Waals surface area contributed by atoms with Gasteiger partial charge in [0.2, 0.25) is 5.91 Å². The number of aromatic amines is 1. The Morgan fingerprint density at radius 3 is 3.07 bits per heavy atom. The number of unbranched alkanes of at least 4 members (excludes halogenated alkanes) is 1. The second-order valence-electron chi connectivity index (χ2n) is 3.35. The molecule has 0 saturated heterocycles. The van der Waals surface area contributed by atoms with Gasteiger partial charge in [0, 0.05) is 26.0 Å². The Hall–Kier alpha value is -0.970. The van der Waals surface area contributed by atoms with Crippen LogP contribution in [0.25, 0.3) is 0 Å². The first-order valence-electron chi connectivity index (χ1n) is 5.10. The summed E-state index contributed by atoms with van der Waals surface area (Å²) < 4.78 is 0. The molecule has 0 spiro atoms. The number of imidazole rings is 1. The van der Waals surface area contributed by atoms with E-state index in [4.69, 9.17) is 0 Å². The summed E-state index contributed by atoms with van der Waals surface area (Å²) in [7, 11) is 1.85. The second kappa shape index (κ2) is 6.50. The molecule has 0 saturated carbocycles. The van der Waals surface area contributed by atoms with Gasteiger partial charge in [-0.1, -0.05) is 25.1 Å². The summed E-state index contributed by atoms with van der Waals surface area (Å²) in [5, 5.41) is 0.798. The molecule has 0 aliphatic carbocycles. The topological polar surface area (TPSA) is 49.0 Å². The second-order valence-corrected chi connectivity index (χ2v) is 4.32. The maximum atomic E-state index is 11.6. The highest BCUT2D eigenvalue weighted by Gasteiger charge is 2.08. The molecule has 0 radical (unpaired) electrons. The minimum absolute atomic E-state index is 0.157. The number of H-pyrrole nitrogens is 1. The van der Waals surface area contributed by atoms with E-state index in [-0.39, 0.29) is 5.91 Å². The molecule has 84 valence electrons. The smallest absolute Gasteiger partial charge is 0.232 e. The lowest BCUT2D eigenvalue weighted by Crippen LogP contribution is -2.29. The van der Waals surface area contributed by atoms with E-state index in [1.807, 2.05) is 7.05 Å². The fourth-order valence-electron chi connectivity index (χ4n) is 1.09. The van der Waals surface area contributed by atoms with Crippen LogP contribution in [-0.4, -0.2) is 40.1 Å². The molecular formula is C10H17N3OS. The van der Waals surface area contributed by atoms with E-state index in [1.54, 1.807) is 17.3 Å². The molecule has 0 bridgehead atoms. The van der Waals surface area contributed by atoms with Gasteiger partial charge in [-0.05, 0) is 6.42 Å². The summed E-state index contributed by atoms with van der Waals surface area (Å²) >= 11 is 1.44. The molecule has 1 heterocycles. The van der Waals surface area contributed by atoms with Crippen molar-refractivity contribution in [3.05, 3.63) is 12.4 Å². The van der Waals surface area contributed by atoms with Crippen LogP contribution in [0.4, 0.5) is 0 Å². The molecule has 1 aromatic rings. The number of hydrogen-bond donors (Lipinski definition) is 1. The standard InChI is InChI=1S/C10H17N3OS/c1-3-4-7-13(2)9(14)8-15-10-11-5-6-12-10/h5-6H,3-4,7-8H2,1-2H3,(H,11,12). The highest BCUT2D eigenvalue weighted by Crippen LogP contribution is 2.11. The molecule has 1 amide bonds. The van der Waals surface area contributed by atoms with Crippen molar-refractivity contribution in [1.82, 2.24) is 14.9 Å². The van der Waals surface area contributed by atoms with Crippen molar-refractivity contribution in [3.63, 3.8) is 0 Å². The molecule has 0 unspecified atom stereocenters. The first-order chi connectivity index (χ1) is 7.24. The molecule has 0 atom stereocenters. The summed E-state index contributed by atoms with van der Waals surface area (Å²) in [5.41, 5.74) is 0. The molecule has 1 aromatic heterocycles. The zero-order chi connectivity index (χ0) is 11.1. The van der Waals surface area contributed by atoms with E-state index in [1.165, 1.54) is 11.8 Å². The molecule has 4 nitrogen and oxygen atoms in total. The number of hydrogen-bond acceptors (Lipinski definition) is 3. The van der Waals surface area contributed by atoms with E-state index in [0.717, 1.165) is 24.5 Å². The van der Waals surface area contributed by atoms with Gasteiger partial charge in [0.25, 0.3) is 0 Å². The third-order valence-corrected chi connectivity index (χ3v) is 2.97. The number of aromatic nitrogens is 2. The van der Waals surface area contributed by atoms with Gasteiger partial charge in [-0.2, -0.15) is 0 Å². The first kappa shape index (κ1) is 12.1. The fourth-order valence-corrected chi connectivity index (χ4v) is 1.86. The molecule has 15 heavy (non-hydrogen) atoms. The minimum Gasteiger partial charge on any atom is -0.345 e. The molecule has 0 aliphatic heterocycles. The lowest BCUT2D eigenvalue weighted by Gasteiger charge is -2.15. The van der Waals surface area contributed by atoms with Crippen molar-refractivity contribution < 1.29 is 4.79 Å². The zero-order valence-corrected chi connectivity index (χ0v) is 10.0. The van der Waals surface area contributed by atoms with Gasteiger partial charge in [-0.3, -0.25) is 4.79 Å². The normalized spacial score (nSPS) is 10.3. The van der Waals surface area contributed by atoms with Crippen molar-refractivity contribution >= 4 is 17.7 Å². The van der Waals surface area contributed by atoms with Crippen LogP contribution in [0.2, 0.25) is 0 Å². The van der Waals surface area contributed by atoms with Gasteiger partial charge < -0.3 is 9.88 Å². The van der Waals surface area contributed by atoms with Crippen LogP contribution >= 0.6 is 11.8 Å². The Kier molecular flexibility index (Phi) is 5.25. The monoisotopic (exact) mass is 227 g/mol. The number of carbonyl (C=O) groups is 1. The Bertz CT molecular complexity index is 287.